The molecule has 3 rings (SSSR count). The number of hydrogen-bond acceptors (Lipinski definition) is 7. The van der Waals surface area contributed by atoms with Crippen LogP contribution in [0.2, 0.25) is 0 Å². The number of anilines is 2. The van der Waals surface area contributed by atoms with Gasteiger partial charge in [0, 0.05) is 46.0 Å². The third-order valence-corrected chi connectivity index (χ3v) is 5.01. The fourth-order valence-electron chi connectivity index (χ4n) is 3.71. The van der Waals surface area contributed by atoms with Gasteiger partial charge in [0.25, 0.3) is 0 Å². The maximum atomic E-state index is 5.61. The number of benzene rings is 1. The van der Waals surface area contributed by atoms with Crippen LogP contribution < -0.4 is 10.2 Å². The second-order valence-corrected chi connectivity index (χ2v) is 7.53. The molecule has 2 atom stereocenters. The molecule has 7 nitrogen and oxygen atoms in total. The molecule has 1 aromatic heterocycles. The monoisotopic (exact) mass is 385 g/mol. The zero-order chi connectivity index (χ0) is 19.9. The first kappa shape index (κ1) is 20.5. The van der Waals surface area contributed by atoms with Crippen LogP contribution in [0.3, 0.4) is 0 Å². The Kier molecular flexibility index (Phi) is 7.19. The van der Waals surface area contributed by atoms with Crippen LogP contribution in [0.5, 0.6) is 0 Å². The van der Waals surface area contributed by atoms with Gasteiger partial charge in [-0.3, -0.25) is 0 Å². The molecule has 1 N–H and O–H groups in total. The number of methoxy groups -OCH3 is 2. The van der Waals surface area contributed by atoms with E-state index in [4.69, 9.17) is 9.47 Å². The number of rotatable bonds is 9. The Bertz CT molecular complexity index is 755. The average molecular weight is 386 g/mol. The van der Waals surface area contributed by atoms with E-state index in [1.54, 1.807) is 20.5 Å². The molecule has 0 aliphatic carbocycles. The van der Waals surface area contributed by atoms with Gasteiger partial charge in [-0.05, 0) is 31.6 Å². The van der Waals surface area contributed by atoms with Gasteiger partial charge in [-0.2, -0.15) is 0 Å². The van der Waals surface area contributed by atoms with Gasteiger partial charge in [0.1, 0.15) is 18.0 Å². The van der Waals surface area contributed by atoms with Crippen molar-refractivity contribution < 1.29 is 9.47 Å². The maximum Gasteiger partial charge on any atom is 0.134 e. The first-order valence-corrected chi connectivity index (χ1v) is 9.66. The van der Waals surface area contributed by atoms with Crippen molar-refractivity contribution in [3.05, 3.63) is 47.8 Å². The molecule has 0 unspecified atom stereocenters. The van der Waals surface area contributed by atoms with Gasteiger partial charge in [0.05, 0.1) is 12.7 Å². The normalized spacial score (nSPS) is 19.4. The predicted octanol–water partition coefficient (Wildman–Crippen LogP) is 2.39. The highest BCUT2D eigenvalue weighted by Crippen LogP contribution is 2.27. The van der Waals surface area contributed by atoms with Crippen molar-refractivity contribution in [3.8, 4) is 0 Å². The van der Waals surface area contributed by atoms with Crippen molar-refractivity contribution in [2.24, 2.45) is 0 Å². The van der Waals surface area contributed by atoms with Crippen molar-refractivity contribution in [1.82, 2.24) is 14.9 Å². The molecule has 28 heavy (non-hydrogen) atoms. The molecule has 0 bridgehead atoms. The van der Waals surface area contributed by atoms with E-state index in [9.17, 15) is 0 Å². The number of nitrogens with zero attached hydrogens (tertiary/aromatic N) is 4. The van der Waals surface area contributed by atoms with E-state index in [2.05, 4.69) is 63.4 Å². The molecule has 0 spiro atoms. The zero-order valence-corrected chi connectivity index (χ0v) is 17.3. The molecule has 1 saturated heterocycles. The summed E-state index contributed by atoms with van der Waals surface area (Å²) < 4.78 is 10.8. The van der Waals surface area contributed by atoms with Crippen molar-refractivity contribution >= 4 is 11.6 Å². The van der Waals surface area contributed by atoms with Crippen LogP contribution in [0.15, 0.2) is 36.7 Å². The van der Waals surface area contributed by atoms with Crippen LogP contribution in [0.25, 0.3) is 0 Å². The van der Waals surface area contributed by atoms with Crippen LogP contribution in [-0.2, 0) is 22.6 Å². The number of likely N-dealkylation sites (N-methyl/N-ethyl adjacent to an activating group) is 1. The molecule has 1 aliphatic rings. The number of ether oxygens (including phenoxy) is 2. The highest BCUT2D eigenvalue weighted by Gasteiger charge is 2.33. The van der Waals surface area contributed by atoms with E-state index in [1.807, 2.05) is 6.07 Å². The molecule has 1 aliphatic heterocycles. The molecule has 0 amide bonds. The van der Waals surface area contributed by atoms with Gasteiger partial charge in [-0.1, -0.05) is 24.3 Å². The van der Waals surface area contributed by atoms with E-state index < -0.39 is 0 Å². The van der Waals surface area contributed by atoms with E-state index in [1.165, 1.54) is 11.1 Å². The highest BCUT2D eigenvalue weighted by molar-refractivity contribution is 5.50. The summed E-state index contributed by atoms with van der Waals surface area (Å²) in [6.07, 6.45) is 2.87. The maximum absolute atomic E-state index is 5.61. The fourth-order valence-corrected chi connectivity index (χ4v) is 3.71. The highest BCUT2D eigenvalue weighted by atomic mass is 16.5. The van der Waals surface area contributed by atoms with Crippen LogP contribution in [0, 0.1) is 0 Å². The van der Waals surface area contributed by atoms with E-state index >= 15 is 0 Å². The van der Waals surface area contributed by atoms with Crippen molar-refractivity contribution in [2.45, 2.75) is 31.7 Å². The van der Waals surface area contributed by atoms with Crippen LogP contribution in [0.1, 0.15) is 17.5 Å². The third-order valence-electron chi connectivity index (χ3n) is 5.01. The smallest absolute Gasteiger partial charge is 0.134 e. The molecule has 0 radical (unpaired) electrons. The lowest BCUT2D eigenvalue weighted by Gasteiger charge is -2.27. The van der Waals surface area contributed by atoms with Gasteiger partial charge < -0.3 is 24.6 Å². The fraction of sp³-hybridized carbons (Fsp3) is 0.524. The minimum Gasteiger partial charge on any atom is -0.380 e. The topological polar surface area (TPSA) is 62.8 Å². The van der Waals surface area contributed by atoms with Gasteiger partial charge in [0.2, 0.25) is 0 Å². The first-order valence-electron chi connectivity index (χ1n) is 9.66. The Balaban J connectivity index is 1.68. The average Bonchev–Trinajstić information content (AvgIpc) is 3.09. The van der Waals surface area contributed by atoms with Gasteiger partial charge in [-0.25, -0.2) is 9.97 Å². The van der Waals surface area contributed by atoms with Crippen molar-refractivity contribution in [3.63, 3.8) is 0 Å². The summed E-state index contributed by atoms with van der Waals surface area (Å²) in [7, 11) is 7.70. The molecule has 7 heteroatoms. The molecule has 152 valence electrons. The third kappa shape index (κ3) is 5.41. The number of hydrogen-bond donors (Lipinski definition) is 1. The number of aromatic nitrogens is 2. The summed E-state index contributed by atoms with van der Waals surface area (Å²) in [6.45, 7) is 3.15. The van der Waals surface area contributed by atoms with Crippen LogP contribution in [0.4, 0.5) is 11.6 Å². The second-order valence-electron chi connectivity index (χ2n) is 7.53. The zero-order valence-electron chi connectivity index (χ0n) is 17.3. The van der Waals surface area contributed by atoms with E-state index in [-0.39, 0.29) is 6.10 Å². The standard InChI is InChI=1S/C21H31N5O2/c1-25(2)12-18-9-19(28-4)13-26(18)21-10-20(23-15-24-21)22-11-16-6-5-7-17(8-16)14-27-3/h5-8,10,15,18-19H,9,11-14H2,1-4H3,(H,22,23,24)/t18-,19-/m0/s1. The quantitative estimate of drug-likeness (QED) is 0.711. The molecule has 2 aromatic rings. The predicted molar refractivity (Wildman–Crippen MR) is 112 cm³/mol. The minimum absolute atomic E-state index is 0.236. The lowest BCUT2D eigenvalue weighted by atomic mass is 10.1. The summed E-state index contributed by atoms with van der Waals surface area (Å²) in [5, 5.41) is 3.41. The molecule has 0 saturated carbocycles. The van der Waals surface area contributed by atoms with Crippen molar-refractivity contribution in [2.75, 3.05) is 51.6 Å². The van der Waals surface area contributed by atoms with Gasteiger partial charge >= 0.3 is 0 Å². The Morgan fingerprint density at radius 3 is 2.75 bits per heavy atom. The van der Waals surface area contributed by atoms with Gasteiger partial charge in [-0.15, -0.1) is 0 Å². The van der Waals surface area contributed by atoms with Crippen molar-refractivity contribution in [1.29, 1.82) is 0 Å². The van der Waals surface area contributed by atoms with Gasteiger partial charge in [0.15, 0.2) is 0 Å². The molecular formula is C21H31N5O2. The van der Waals surface area contributed by atoms with Crippen LogP contribution >= 0.6 is 0 Å². The van der Waals surface area contributed by atoms with E-state index in [0.717, 1.165) is 31.1 Å². The molecule has 1 fully saturated rings. The minimum atomic E-state index is 0.236. The summed E-state index contributed by atoms with van der Waals surface area (Å²) >= 11 is 0. The summed E-state index contributed by atoms with van der Waals surface area (Å²) in [6, 6.07) is 10.8. The molecular weight excluding hydrogens is 354 g/mol. The Morgan fingerprint density at radius 2 is 2.00 bits per heavy atom. The molecule has 2 heterocycles. The summed E-state index contributed by atoms with van der Waals surface area (Å²) in [5.41, 5.74) is 2.36. The first-order chi connectivity index (χ1) is 13.6. The molecule has 1 aromatic carbocycles. The Hall–Kier alpha value is -2.22. The summed E-state index contributed by atoms with van der Waals surface area (Å²) in [5.74, 6) is 1.77. The second kappa shape index (κ2) is 9.82. The lowest BCUT2D eigenvalue weighted by molar-refractivity contribution is 0.117. The SMILES string of the molecule is COCc1cccc(CNc2cc(N3C[C@@H](OC)C[C@H]3CN(C)C)ncn2)c1. The summed E-state index contributed by atoms with van der Waals surface area (Å²) in [4.78, 5) is 13.5. The number of nitrogens with one attached hydrogen (secondary N) is 1. The lowest BCUT2D eigenvalue weighted by Crippen LogP contribution is -2.38. The Morgan fingerprint density at radius 1 is 1.18 bits per heavy atom. The largest absolute Gasteiger partial charge is 0.380 e. The Labute approximate surface area is 167 Å². The van der Waals surface area contributed by atoms with E-state index in [0.29, 0.717) is 19.2 Å². The van der Waals surface area contributed by atoms with Crippen LogP contribution in [-0.4, -0.2) is 68.4 Å².